The summed E-state index contributed by atoms with van der Waals surface area (Å²) < 4.78 is 0. The van der Waals surface area contributed by atoms with Gasteiger partial charge in [0.25, 0.3) is 0 Å². The van der Waals surface area contributed by atoms with Crippen LogP contribution in [-0.2, 0) is 12.0 Å². The molecular formula is C14H18N2S. The molecule has 0 unspecified atom stereocenters. The summed E-state index contributed by atoms with van der Waals surface area (Å²) in [6, 6.07) is 8.63. The summed E-state index contributed by atoms with van der Waals surface area (Å²) >= 11 is 1.63. The zero-order valence-corrected chi connectivity index (χ0v) is 11.3. The zero-order valence-electron chi connectivity index (χ0n) is 10.5. The van der Waals surface area contributed by atoms with E-state index in [1.165, 1.54) is 5.56 Å². The summed E-state index contributed by atoms with van der Waals surface area (Å²) in [5.74, 6) is 0. The Morgan fingerprint density at radius 1 is 1.18 bits per heavy atom. The maximum absolute atomic E-state index is 4.24. The van der Waals surface area contributed by atoms with Crippen LogP contribution in [0.3, 0.4) is 0 Å². The second-order valence-corrected chi connectivity index (χ2v) is 5.88. The third-order valence-electron chi connectivity index (χ3n) is 2.71. The molecule has 0 atom stereocenters. The van der Waals surface area contributed by atoms with Crippen molar-refractivity contribution in [1.29, 1.82) is 0 Å². The lowest BCUT2D eigenvalue weighted by molar-refractivity contribution is 0.590. The van der Waals surface area contributed by atoms with Gasteiger partial charge in [-0.3, -0.25) is 0 Å². The Morgan fingerprint density at radius 2 is 1.88 bits per heavy atom. The van der Waals surface area contributed by atoms with Crippen LogP contribution in [0.25, 0.3) is 0 Å². The van der Waals surface area contributed by atoms with Crippen molar-refractivity contribution >= 4 is 17.0 Å². The first-order valence-electron chi connectivity index (χ1n) is 5.77. The molecule has 0 amide bonds. The molecule has 0 saturated carbocycles. The summed E-state index contributed by atoms with van der Waals surface area (Å²) in [6.07, 6.45) is 0. The van der Waals surface area contributed by atoms with Crippen molar-refractivity contribution in [3.8, 4) is 0 Å². The van der Waals surface area contributed by atoms with E-state index in [1.54, 1.807) is 11.3 Å². The number of anilines is 1. The minimum atomic E-state index is 0.216. The third kappa shape index (κ3) is 3.30. The number of nitrogens with one attached hydrogen (secondary N) is 1. The van der Waals surface area contributed by atoms with E-state index >= 15 is 0 Å². The molecular weight excluding hydrogens is 228 g/mol. The highest BCUT2D eigenvalue weighted by molar-refractivity contribution is 7.07. The molecule has 0 radical (unpaired) electrons. The second kappa shape index (κ2) is 4.88. The van der Waals surface area contributed by atoms with Gasteiger partial charge in [-0.05, 0) is 23.1 Å². The Bertz CT molecular complexity index is 452. The molecule has 17 heavy (non-hydrogen) atoms. The number of rotatable bonds is 3. The highest BCUT2D eigenvalue weighted by Crippen LogP contribution is 2.23. The third-order valence-corrected chi connectivity index (χ3v) is 3.34. The van der Waals surface area contributed by atoms with Crippen LogP contribution in [0.15, 0.2) is 35.2 Å². The van der Waals surface area contributed by atoms with E-state index in [0.29, 0.717) is 0 Å². The number of nitrogens with zero attached hydrogens (tertiary/aromatic N) is 1. The van der Waals surface area contributed by atoms with E-state index in [0.717, 1.165) is 17.9 Å². The molecule has 0 aliphatic rings. The molecule has 0 bridgehead atoms. The van der Waals surface area contributed by atoms with Crippen molar-refractivity contribution in [2.24, 2.45) is 0 Å². The average molecular weight is 246 g/mol. The number of benzene rings is 1. The van der Waals surface area contributed by atoms with Crippen LogP contribution >= 0.6 is 11.3 Å². The molecule has 1 N–H and O–H groups in total. The van der Waals surface area contributed by atoms with Crippen molar-refractivity contribution in [3.05, 3.63) is 46.4 Å². The van der Waals surface area contributed by atoms with Gasteiger partial charge in [-0.15, -0.1) is 11.3 Å². The topological polar surface area (TPSA) is 24.9 Å². The molecule has 90 valence electrons. The van der Waals surface area contributed by atoms with Gasteiger partial charge in [-0.1, -0.05) is 32.9 Å². The number of hydrogen-bond donors (Lipinski definition) is 1. The van der Waals surface area contributed by atoms with Crippen LogP contribution in [0, 0.1) is 0 Å². The molecule has 0 aliphatic carbocycles. The van der Waals surface area contributed by atoms with Gasteiger partial charge in [0.05, 0.1) is 17.7 Å². The maximum atomic E-state index is 4.24. The summed E-state index contributed by atoms with van der Waals surface area (Å²) in [7, 11) is 0. The van der Waals surface area contributed by atoms with Crippen LogP contribution in [0.5, 0.6) is 0 Å². The number of aromatic nitrogens is 1. The largest absolute Gasteiger partial charge is 0.379 e. The highest BCUT2D eigenvalue weighted by atomic mass is 32.1. The van der Waals surface area contributed by atoms with Crippen molar-refractivity contribution in [2.45, 2.75) is 32.7 Å². The van der Waals surface area contributed by atoms with Crippen molar-refractivity contribution in [3.63, 3.8) is 0 Å². The molecule has 1 aromatic carbocycles. The molecule has 0 saturated heterocycles. The van der Waals surface area contributed by atoms with E-state index in [9.17, 15) is 0 Å². The first-order valence-corrected chi connectivity index (χ1v) is 6.71. The van der Waals surface area contributed by atoms with Crippen LogP contribution in [0.1, 0.15) is 32.0 Å². The predicted octanol–water partition coefficient (Wildman–Crippen LogP) is 4.05. The minimum absolute atomic E-state index is 0.216. The van der Waals surface area contributed by atoms with E-state index in [2.05, 4.69) is 60.7 Å². The smallest absolute Gasteiger partial charge is 0.0795 e. The monoisotopic (exact) mass is 246 g/mol. The van der Waals surface area contributed by atoms with Gasteiger partial charge in [0.1, 0.15) is 0 Å². The predicted molar refractivity (Wildman–Crippen MR) is 74.6 cm³/mol. The fraction of sp³-hybridized carbons (Fsp3) is 0.357. The molecule has 1 aromatic heterocycles. The lowest BCUT2D eigenvalue weighted by Crippen LogP contribution is -2.10. The first-order chi connectivity index (χ1) is 8.05. The zero-order chi connectivity index (χ0) is 12.3. The van der Waals surface area contributed by atoms with Gasteiger partial charge in [-0.25, -0.2) is 4.98 Å². The average Bonchev–Trinajstić information content (AvgIpc) is 2.78. The van der Waals surface area contributed by atoms with Gasteiger partial charge in [0.15, 0.2) is 0 Å². The molecule has 0 spiro atoms. The summed E-state index contributed by atoms with van der Waals surface area (Å²) in [4.78, 5) is 4.24. The van der Waals surface area contributed by atoms with Crippen molar-refractivity contribution < 1.29 is 0 Å². The molecule has 2 aromatic rings. The van der Waals surface area contributed by atoms with Gasteiger partial charge in [0, 0.05) is 11.1 Å². The Labute approximate surface area is 107 Å². The lowest BCUT2D eigenvalue weighted by atomic mass is 9.87. The molecule has 0 fully saturated rings. The number of thiazole rings is 1. The van der Waals surface area contributed by atoms with E-state index in [1.807, 2.05) is 5.51 Å². The summed E-state index contributed by atoms with van der Waals surface area (Å²) in [6.45, 7) is 7.47. The summed E-state index contributed by atoms with van der Waals surface area (Å²) in [5, 5.41) is 5.44. The van der Waals surface area contributed by atoms with Crippen molar-refractivity contribution in [1.82, 2.24) is 4.98 Å². The van der Waals surface area contributed by atoms with Gasteiger partial charge >= 0.3 is 0 Å². The number of hydrogen-bond acceptors (Lipinski definition) is 3. The molecule has 0 aliphatic heterocycles. The van der Waals surface area contributed by atoms with E-state index < -0.39 is 0 Å². The SMILES string of the molecule is CC(C)(C)c1ccc(NCc2cscn2)cc1. The molecule has 3 heteroatoms. The van der Waals surface area contributed by atoms with Gasteiger partial charge in [-0.2, -0.15) is 0 Å². The first kappa shape index (κ1) is 12.1. The normalized spacial score (nSPS) is 11.5. The summed E-state index contributed by atoms with van der Waals surface area (Å²) in [5.41, 5.74) is 5.67. The molecule has 2 nitrogen and oxygen atoms in total. The van der Waals surface area contributed by atoms with Crippen molar-refractivity contribution in [2.75, 3.05) is 5.32 Å². The molecule has 2 rings (SSSR count). The quantitative estimate of drug-likeness (QED) is 0.883. The Morgan fingerprint density at radius 3 is 2.41 bits per heavy atom. The Hall–Kier alpha value is -1.35. The van der Waals surface area contributed by atoms with E-state index in [-0.39, 0.29) is 5.41 Å². The second-order valence-electron chi connectivity index (χ2n) is 5.16. The highest BCUT2D eigenvalue weighted by Gasteiger charge is 2.12. The minimum Gasteiger partial charge on any atom is -0.379 e. The van der Waals surface area contributed by atoms with Gasteiger partial charge < -0.3 is 5.32 Å². The fourth-order valence-electron chi connectivity index (χ4n) is 1.61. The fourth-order valence-corrected chi connectivity index (χ4v) is 2.16. The Balaban J connectivity index is 1.99. The van der Waals surface area contributed by atoms with Crippen LogP contribution in [-0.4, -0.2) is 4.98 Å². The van der Waals surface area contributed by atoms with E-state index in [4.69, 9.17) is 0 Å². The van der Waals surface area contributed by atoms with Gasteiger partial charge in [0.2, 0.25) is 0 Å². The maximum Gasteiger partial charge on any atom is 0.0795 e. The molecule has 1 heterocycles. The Kier molecular flexibility index (Phi) is 3.48. The van der Waals surface area contributed by atoms with Crippen LogP contribution in [0.4, 0.5) is 5.69 Å². The lowest BCUT2D eigenvalue weighted by Gasteiger charge is -2.19. The van der Waals surface area contributed by atoms with Crippen LogP contribution in [0.2, 0.25) is 0 Å². The standard InChI is InChI=1S/C14H18N2S/c1-14(2,3)11-4-6-12(7-5-11)15-8-13-9-17-10-16-13/h4-7,9-10,15H,8H2,1-3H3. The van der Waals surface area contributed by atoms with Crippen LogP contribution < -0.4 is 5.32 Å².